The summed E-state index contributed by atoms with van der Waals surface area (Å²) in [5.74, 6) is 0.187. The molecule has 18 heavy (non-hydrogen) atoms. The van der Waals surface area contributed by atoms with Gasteiger partial charge in [0.15, 0.2) is 5.78 Å². The van der Waals surface area contributed by atoms with E-state index in [0.717, 1.165) is 30.4 Å². The van der Waals surface area contributed by atoms with Gasteiger partial charge in [0.25, 0.3) is 0 Å². The molecule has 0 aromatic heterocycles. The summed E-state index contributed by atoms with van der Waals surface area (Å²) in [6, 6.07) is 2.16. The summed E-state index contributed by atoms with van der Waals surface area (Å²) >= 11 is 0. The summed E-state index contributed by atoms with van der Waals surface area (Å²) in [7, 11) is 0. The number of nitrogens with zero attached hydrogens (tertiary/aromatic N) is 1. The van der Waals surface area contributed by atoms with Gasteiger partial charge in [0.05, 0.1) is 0 Å². The van der Waals surface area contributed by atoms with Gasteiger partial charge in [-0.05, 0) is 54.0 Å². The Kier molecular flexibility index (Phi) is 2.00. The fourth-order valence-electron chi connectivity index (χ4n) is 3.81. The molecular formula is C16H17NO. The molecule has 2 heteroatoms. The van der Waals surface area contributed by atoms with Gasteiger partial charge >= 0.3 is 0 Å². The molecule has 0 amide bonds. The molecule has 0 saturated carbocycles. The number of carbonyl (C=O) groups is 1. The smallest absolute Gasteiger partial charge is 0.189 e. The molecule has 92 valence electrons. The number of benzene rings is 1. The van der Waals surface area contributed by atoms with Crippen LogP contribution in [0.15, 0.2) is 18.2 Å². The van der Waals surface area contributed by atoms with Crippen LogP contribution in [0.1, 0.15) is 39.9 Å². The van der Waals surface area contributed by atoms with Crippen molar-refractivity contribution < 1.29 is 4.79 Å². The molecule has 0 radical (unpaired) electrons. The number of hydrogen-bond donors (Lipinski definition) is 0. The Morgan fingerprint density at radius 1 is 1.11 bits per heavy atom. The average Bonchev–Trinajstić information content (AvgIpc) is 2.68. The second kappa shape index (κ2) is 3.47. The highest BCUT2D eigenvalue weighted by Gasteiger charge is 2.33. The first kappa shape index (κ1) is 10.4. The maximum Gasteiger partial charge on any atom is 0.189 e. The van der Waals surface area contributed by atoms with Gasteiger partial charge in [0.2, 0.25) is 0 Å². The first-order valence-electron chi connectivity index (χ1n) is 6.91. The lowest BCUT2D eigenvalue weighted by atomic mass is 9.87. The number of allylic oxidation sites excluding steroid dienone is 1. The van der Waals surface area contributed by atoms with E-state index < -0.39 is 0 Å². The number of rotatable bonds is 0. The lowest BCUT2D eigenvalue weighted by Crippen LogP contribution is -2.35. The minimum absolute atomic E-state index is 0.187. The number of hydrogen-bond acceptors (Lipinski definition) is 2. The first-order chi connectivity index (χ1) is 8.75. The molecule has 0 fully saturated rings. The Balaban J connectivity index is 2.01. The topological polar surface area (TPSA) is 20.3 Å². The summed E-state index contributed by atoms with van der Waals surface area (Å²) in [6.45, 7) is 6.30. The average molecular weight is 239 g/mol. The summed E-state index contributed by atoms with van der Waals surface area (Å²) in [6.07, 6.45) is 5.50. The largest absolute Gasteiger partial charge is 0.371 e. The van der Waals surface area contributed by atoms with E-state index in [2.05, 4.69) is 17.5 Å². The van der Waals surface area contributed by atoms with Gasteiger partial charge in [-0.3, -0.25) is 4.79 Å². The maximum atomic E-state index is 12.1. The van der Waals surface area contributed by atoms with Crippen molar-refractivity contribution in [1.82, 2.24) is 0 Å². The van der Waals surface area contributed by atoms with Crippen molar-refractivity contribution in [2.75, 3.05) is 18.0 Å². The monoisotopic (exact) mass is 239 g/mol. The molecule has 0 bridgehead atoms. The fraction of sp³-hybridized carbons (Fsp3) is 0.438. The Bertz CT molecular complexity index is 583. The van der Waals surface area contributed by atoms with Crippen molar-refractivity contribution in [1.29, 1.82) is 0 Å². The van der Waals surface area contributed by atoms with Crippen molar-refractivity contribution in [3.8, 4) is 0 Å². The Labute approximate surface area is 107 Å². The van der Waals surface area contributed by atoms with Crippen molar-refractivity contribution in [2.24, 2.45) is 0 Å². The zero-order valence-corrected chi connectivity index (χ0v) is 10.6. The van der Waals surface area contributed by atoms with E-state index in [1.807, 2.05) is 0 Å². The molecule has 1 aromatic rings. The molecule has 2 aliphatic heterocycles. The quantitative estimate of drug-likeness (QED) is 0.649. The van der Waals surface area contributed by atoms with Crippen LogP contribution in [0.4, 0.5) is 5.69 Å². The van der Waals surface area contributed by atoms with Crippen molar-refractivity contribution in [3.63, 3.8) is 0 Å². The number of fused-ring (bicyclic) bond motifs is 2. The second-order valence-corrected chi connectivity index (χ2v) is 5.69. The van der Waals surface area contributed by atoms with E-state index in [1.165, 1.54) is 48.3 Å². The molecule has 2 heterocycles. The van der Waals surface area contributed by atoms with Gasteiger partial charge in [-0.15, -0.1) is 0 Å². The van der Waals surface area contributed by atoms with Gasteiger partial charge in [0.1, 0.15) is 0 Å². The van der Waals surface area contributed by atoms with Gasteiger partial charge in [0, 0.05) is 30.8 Å². The number of carbonyl (C=O) groups excluding carboxylic acids is 1. The molecule has 3 aliphatic rings. The molecular weight excluding hydrogens is 222 g/mol. The molecule has 0 spiro atoms. The molecule has 4 rings (SSSR count). The van der Waals surface area contributed by atoms with Crippen molar-refractivity contribution in [3.05, 3.63) is 40.5 Å². The fourth-order valence-corrected chi connectivity index (χ4v) is 3.81. The Hall–Kier alpha value is -1.57. The highest BCUT2D eigenvalue weighted by molar-refractivity contribution is 6.13. The van der Waals surface area contributed by atoms with Gasteiger partial charge in [-0.2, -0.15) is 0 Å². The van der Waals surface area contributed by atoms with E-state index in [4.69, 9.17) is 0 Å². The summed E-state index contributed by atoms with van der Waals surface area (Å²) < 4.78 is 0. The van der Waals surface area contributed by atoms with Crippen LogP contribution in [0.3, 0.4) is 0 Å². The predicted molar refractivity (Wildman–Crippen MR) is 72.5 cm³/mol. The van der Waals surface area contributed by atoms with Crippen LogP contribution in [-0.4, -0.2) is 18.9 Å². The third-order valence-electron chi connectivity index (χ3n) is 4.60. The number of anilines is 1. The van der Waals surface area contributed by atoms with Gasteiger partial charge < -0.3 is 4.90 Å². The highest BCUT2D eigenvalue weighted by Crippen LogP contribution is 2.42. The van der Waals surface area contributed by atoms with Crippen LogP contribution in [0.25, 0.3) is 0 Å². The van der Waals surface area contributed by atoms with Crippen LogP contribution in [0.5, 0.6) is 0 Å². The molecule has 0 unspecified atom stereocenters. The van der Waals surface area contributed by atoms with Gasteiger partial charge in [-0.1, -0.05) is 6.58 Å². The van der Waals surface area contributed by atoms with Crippen LogP contribution in [0.2, 0.25) is 0 Å². The molecule has 0 saturated heterocycles. The zero-order valence-electron chi connectivity index (χ0n) is 10.6. The Morgan fingerprint density at radius 2 is 1.89 bits per heavy atom. The zero-order chi connectivity index (χ0) is 12.3. The second-order valence-electron chi connectivity index (χ2n) is 5.69. The van der Waals surface area contributed by atoms with E-state index >= 15 is 0 Å². The third-order valence-corrected chi connectivity index (χ3v) is 4.60. The van der Waals surface area contributed by atoms with Crippen LogP contribution in [-0.2, 0) is 19.3 Å². The minimum atomic E-state index is 0.187. The first-order valence-corrected chi connectivity index (χ1v) is 6.91. The number of Topliss-reactive ketones (excluding diaryl/α,β-unsaturated/α-hetero) is 1. The van der Waals surface area contributed by atoms with Crippen molar-refractivity contribution >= 4 is 11.5 Å². The SMILES string of the molecule is C=C1Cc2c(cc3c4c2CCCN4CCC3)C1=O. The molecule has 0 N–H and O–H groups in total. The van der Waals surface area contributed by atoms with E-state index in [-0.39, 0.29) is 5.78 Å². The number of ketones is 1. The Morgan fingerprint density at radius 3 is 2.72 bits per heavy atom. The van der Waals surface area contributed by atoms with Crippen LogP contribution < -0.4 is 4.90 Å². The van der Waals surface area contributed by atoms with E-state index in [9.17, 15) is 4.79 Å². The molecule has 0 atom stereocenters. The third kappa shape index (κ3) is 1.21. The predicted octanol–water partition coefficient (Wildman–Crippen LogP) is 2.68. The summed E-state index contributed by atoms with van der Waals surface area (Å²) in [4.78, 5) is 14.7. The highest BCUT2D eigenvalue weighted by atomic mass is 16.1. The van der Waals surface area contributed by atoms with E-state index in [1.54, 1.807) is 0 Å². The molecule has 1 aromatic carbocycles. The standard InChI is InChI=1S/C16H17NO/c1-10-8-13-12-5-3-7-17-6-2-4-11(15(12)17)9-14(13)16(10)18/h9H,1-8H2. The normalized spacial score (nSPS) is 21.0. The summed E-state index contributed by atoms with van der Waals surface area (Å²) in [5, 5.41) is 0. The maximum absolute atomic E-state index is 12.1. The lowest BCUT2D eigenvalue weighted by Gasteiger charge is -2.38. The molecule has 2 nitrogen and oxygen atoms in total. The summed E-state index contributed by atoms with van der Waals surface area (Å²) in [5.41, 5.74) is 7.35. The van der Waals surface area contributed by atoms with Crippen LogP contribution >= 0.6 is 0 Å². The van der Waals surface area contributed by atoms with Crippen molar-refractivity contribution in [2.45, 2.75) is 32.1 Å². The lowest BCUT2D eigenvalue weighted by molar-refractivity contribution is 0.104. The molecule has 1 aliphatic carbocycles. The van der Waals surface area contributed by atoms with Crippen LogP contribution in [0, 0.1) is 0 Å². The number of aryl methyl sites for hydroxylation is 1. The minimum Gasteiger partial charge on any atom is -0.371 e. The van der Waals surface area contributed by atoms with E-state index in [0.29, 0.717) is 0 Å². The van der Waals surface area contributed by atoms with Gasteiger partial charge in [-0.25, -0.2) is 0 Å².